The number of aromatic nitrogens is 2. The van der Waals surface area contributed by atoms with Crippen molar-refractivity contribution in [2.24, 2.45) is 0 Å². The fourth-order valence-corrected chi connectivity index (χ4v) is 3.78. The van der Waals surface area contributed by atoms with Crippen LogP contribution in [-0.2, 0) is 9.53 Å². The molecule has 2 aliphatic heterocycles. The summed E-state index contributed by atoms with van der Waals surface area (Å²) >= 11 is 0. The van der Waals surface area contributed by atoms with E-state index in [0.717, 1.165) is 43.0 Å². The highest BCUT2D eigenvalue weighted by atomic mass is 16.5. The lowest BCUT2D eigenvalue weighted by molar-refractivity contribution is -0.141. The lowest BCUT2D eigenvalue weighted by Crippen LogP contribution is -2.51. The Kier molecular flexibility index (Phi) is 5.80. The second kappa shape index (κ2) is 8.65. The van der Waals surface area contributed by atoms with Gasteiger partial charge >= 0.3 is 0 Å². The molecule has 0 saturated carbocycles. The normalized spacial score (nSPS) is 19.3. The molecule has 1 amide bonds. The minimum atomic E-state index is -0.248. The first-order valence-corrected chi connectivity index (χ1v) is 9.91. The summed E-state index contributed by atoms with van der Waals surface area (Å²) in [5.74, 6) is 2.27. The van der Waals surface area contributed by atoms with Crippen LogP contribution in [0.1, 0.15) is 12.8 Å². The van der Waals surface area contributed by atoms with Crippen LogP contribution in [0.5, 0.6) is 11.5 Å². The number of nitrogens with zero attached hydrogens (tertiary/aromatic N) is 4. The maximum absolute atomic E-state index is 12.5. The molecular formula is C21H26N4O4. The third-order valence-electron chi connectivity index (χ3n) is 5.45. The molecule has 0 N–H and O–H groups in total. The summed E-state index contributed by atoms with van der Waals surface area (Å²) in [7, 11) is 3.22. The number of methoxy groups -OCH3 is 2. The number of amides is 1. The van der Waals surface area contributed by atoms with E-state index in [1.165, 1.54) is 0 Å². The fraction of sp³-hybridized carbons (Fsp3) is 0.476. The van der Waals surface area contributed by atoms with Crippen molar-refractivity contribution < 1.29 is 19.0 Å². The molecule has 3 heterocycles. The van der Waals surface area contributed by atoms with Gasteiger partial charge in [0.15, 0.2) is 17.3 Å². The summed E-state index contributed by atoms with van der Waals surface area (Å²) in [6, 6.07) is 9.59. The third-order valence-corrected chi connectivity index (χ3v) is 5.45. The zero-order valence-corrected chi connectivity index (χ0v) is 16.8. The monoisotopic (exact) mass is 398 g/mol. The van der Waals surface area contributed by atoms with Crippen molar-refractivity contribution in [3.63, 3.8) is 0 Å². The highest BCUT2D eigenvalue weighted by molar-refractivity contribution is 5.81. The van der Waals surface area contributed by atoms with Gasteiger partial charge in [-0.25, -0.2) is 0 Å². The first kappa shape index (κ1) is 19.4. The molecule has 0 bridgehead atoms. The molecule has 0 radical (unpaired) electrons. The molecule has 2 fully saturated rings. The van der Waals surface area contributed by atoms with Gasteiger partial charge in [0.05, 0.1) is 19.9 Å². The Morgan fingerprint density at radius 1 is 1.03 bits per heavy atom. The molecule has 1 aromatic heterocycles. The van der Waals surface area contributed by atoms with E-state index >= 15 is 0 Å². The Bertz CT molecular complexity index is 844. The van der Waals surface area contributed by atoms with Crippen molar-refractivity contribution in [1.29, 1.82) is 0 Å². The van der Waals surface area contributed by atoms with Crippen LogP contribution in [-0.4, -0.2) is 74.1 Å². The Balaban J connectivity index is 1.39. The standard InChI is InChI=1S/C21H26N4O4/c1-27-17-7-5-15(14-19(17)28-2)16-6-8-20(23-22-16)24-9-11-25(12-10-24)21(26)18-4-3-13-29-18/h5-8,14,18H,3-4,9-13H2,1-2H3. The van der Waals surface area contributed by atoms with Crippen LogP contribution in [0.25, 0.3) is 11.3 Å². The van der Waals surface area contributed by atoms with Crippen molar-refractivity contribution in [2.45, 2.75) is 18.9 Å². The van der Waals surface area contributed by atoms with Crippen LogP contribution in [0.3, 0.4) is 0 Å². The molecule has 2 aliphatic rings. The summed E-state index contributed by atoms with van der Waals surface area (Å²) in [5.41, 5.74) is 1.68. The first-order chi connectivity index (χ1) is 14.2. The molecule has 1 atom stereocenters. The second-order valence-corrected chi connectivity index (χ2v) is 7.16. The van der Waals surface area contributed by atoms with E-state index in [9.17, 15) is 4.79 Å². The Morgan fingerprint density at radius 3 is 2.45 bits per heavy atom. The Labute approximate surface area is 170 Å². The average molecular weight is 398 g/mol. The lowest BCUT2D eigenvalue weighted by atomic mass is 10.1. The topological polar surface area (TPSA) is 77.0 Å². The van der Waals surface area contributed by atoms with Crippen LogP contribution < -0.4 is 14.4 Å². The number of hydrogen-bond acceptors (Lipinski definition) is 7. The highest BCUT2D eigenvalue weighted by Gasteiger charge is 2.30. The zero-order valence-electron chi connectivity index (χ0n) is 16.8. The van der Waals surface area contributed by atoms with E-state index in [-0.39, 0.29) is 12.0 Å². The van der Waals surface area contributed by atoms with Gasteiger partial charge in [-0.2, -0.15) is 0 Å². The summed E-state index contributed by atoms with van der Waals surface area (Å²) in [5, 5.41) is 8.78. The molecule has 2 aromatic rings. The van der Waals surface area contributed by atoms with Crippen molar-refractivity contribution in [3.8, 4) is 22.8 Å². The van der Waals surface area contributed by atoms with Crippen molar-refractivity contribution in [2.75, 3.05) is 51.9 Å². The molecule has 0 spiro atoms. The van der Waals surface area contributed by atoms with Gasteiger partial charge < -0.3 is 24.0 Å². The molecule has 8 heteroatoms. The predicted octanol–water partition coefficient (Wildman–Crippen LogP) is 1.99. The molecule has 8 nitrogen and oxygen atoms in total. The molecule has 1 aromatic carbocycles. The minimum absolute atomic E-state index is 0.122. The molecule has 29 heavy (non-hydrogen) atoms. The summed E-state index contributed by atoms with van der Waals surface area (Å²) < 4.78 is 16.2. The quantitative estimate of drug-likeness (QED) is 0.762. The average Bonchev–Trinajstić information content (AvgIpc) is 3.33. The molecule has 154 valence electrons. The van der Waals surface area contributed by atoms with Gasteiger partial charge in [0.2, 0.25) is 0 Å². The molecular weight excluding hydrogens is 372 g/mol. The molecule has 2 saturated heterocycles. The van der Waals surface area contributed by atoms with E-state index < -0.39 is 0 Å². The van der Waals surface area contributed by atoms with Gasteiger partial charge in [0, 0.05) is 38.3 Å². The number of carbonyl (C=O) groups is 1. The highest BCUT2D eigenvalue weighted by Crippen LogP contribution is 2.31. The van der Waals surface area contributed by atoms with E-state index in [4.69, 9.17) is 14.2 Å². The van der Waals surface area contributed by atoms with Gasteiger partial charge in [-0.3, -0.25) is 4.79 Å². The maximum Gasteiger partial charge on any atom is 0.251 e. The Morgan fingerprint density at radius 2 is 1.83 bits per heavy atom. The molecule has 0 aliphatic carbocycles. The SMILES string of the molecule is COc1ccc(-c2ccc(N3CCN(C(=O)C4CCCO4)CC3)nn2)cc1OC. The van der Waals surface area contributed by atoms with E-state index in [0.29, 0.717) is 31.2 Å². The zero-order chi connectivity index (χ0) is 20.2. The van der Waals surface area contributed by atoms with Crippen molar-refractivity contribution in [1.82, 2.24) is 15.1 Å². The van der Waals surface area contributed by atoms with Gasteiger partial charge in [-0.15, -0.1) is 10.2 Å². The lowest BCUT2D eigenvalue weighted by Gasteiger charge is -2.36. The van der Waals surface area contributed by atoms with Crippen LogP contribution in [0.4, 0.5) is 5.82 Å². The number of piperazine rings is 1. The number of hydrogen-bond donors (Lipinski definition) is 0. The maximum atomic E-state index is 12.5. The van der Waals surface area contributed by atoms with Crippen molar-refractivity contribution >= 4 is 11.7 Å². The van der Waals surface area contributed by atoms with Gasteiger partial charge in [-0.1, -0.05) is 0 Å². The largest absolute Gasteiger partial charge is 0.493 e. The van der Waals surface area contributed by atoms with E-state index in [1.807, 2.05) is 35.2 Å². The smallest absolute Gasteiger partial charge is 0.251 e. The fourth-order valence-electron chi connectivity index (χ4n) is 3.78. The van der Waals surface area contributed by atoms with Crippen molar-refractivity contribution in [3.05, 3.63) is 30.3 Å². The molecule has 4 rings (SSSR count). The number of benzene rings is 1. The Hall–Kier alpha value is -2.87. The van der Waals surface area contributed by atoms with Gasteiger partial charge in [0.1, 0.15) is 6.10 Å². The number of carbonyl (C=O) groups excluding carboxylic acids is 1. The number of rotatable bonds is 5. The minimum Gasteiger partial charge on any atom is -0.493 e. The van der Waals surface area contributed by atoms with Crippen LogP contribution in [0.15, 0.2) is 30.3 Å². The summed E-state index contributed by atoms with van der Waals surface area (Å²) in [4.78, 5) is 16.5. The second-order valence-electron chi connectivity index (χ2n) is 7.16. The number of anilines is 1. The third kappa shape index (κ3) is 4.12. The van der Waals surface area contributed by atoms with E-state index in [2.05, 4.69) is 15.1 Å². The first-order valence-electron chi connectivity index (χ1n) is 9.91. The van der Waals surface area contributed by atoms with Gasteiger partial charge in [-0.05, 0) is 43.2 Å². The number of ether oxygens (including phenoxy) is 3. The van der Waals surface area contributed by atoms with Gasteiger partial charge in [0.25, 0.3) is 5.91 Å². The van der Waals surface area contributed by atoms with E-state index in [1.54, 1.807) is 14.2 Å². The van der Waals surface area contributed by atoms with Crippen LogP contribution in [0.2, 0.25) is 0 Å². The molecule has 1 unspecified atom stereocenters. The predicted molar refractivity (Wildman–Crippen MR) is 108 cm³/mol. The van der Waals surface area contributed by atoms with Crippen LogP contribution >= 0.6 is 0 Å². The summed E-state index contributed by atoms with van der Waals surface area (Å²) in [6.07, 6.45) is 1.56. The summed E-state index contributed by atoms with van der Waals surface area (Å²) in [6.45, 7) is 3.53. The van der Waals surface area contributed by atoms with Crippen LogP contribution in [0, 0.1) is 0 Å².